The molecule has 0 saturated carbocycles. The zero-order chi connectivity index (χ0) is 13.6. The Bertz CT molecular complexity index is 512. The monoisotopic (exact) mass is 255 g/mol. The molecule has 1 aliphatic rings. The third-order valence-corrected chi connectivity index (χ3v) is 3.12. The van der Waals surface area contributed by atoms with Crippen molar-refractivity contribution in [2.75, 3.05) is 12.3 Å². The fourth-order valence-corrected chi connectivity index (χ4v) is 1.55. The number of nitrogen functional groups attached to an aromatic ring is 1. The van der Waals surface area contributed by atoms with Gasteiger partial charge in [0.15, 0.2) is 5.82 Å². The van der Waals surface area contributed by atoms with E-state index in [0.717, 1.165) is 0 Å². The lowest BCUT2D eigenvalue weighted by atomic mass is 9.92. The molecule has 2 atom stereocenters. The second-order valence-electron chi connectivity index (χ2n) is 4.79. The summed E-state index contributed by atoms with van der Waals surface area (Å²) in [7, 11) is 0. The fraction of sp³-hybridized carbons (Fsp3) is 0.417. The number of anilines is 1. The van der Waals surface area contributed by atoms with Gasteiger partial charge in [-0.15, -0.1) is 0 Å². The van der Waals surface area contributed by atoms with E-state index in [2.05, 4.69) is 4.99 Å². The summed E-state index contributed by atoms with van der Waals surface area (Å²) in [6.45, 7) is 2.63. The highest BCUT2D eigenvalue weighted by molar-refractivity contribution is 5.96. The Kier molecular flexibility index (Phi) is 2.77. The first-order valence-electron chi connectivity index (χ1n) is 5.49. The van der Waals surface area contributed by atoms with Crippen molar-refractivity contribution in [3.05, 3.63) is 29.6 Å². The van der Waals surface area contributed by atoms with Gasteiger partial charge in [-0.05, 0) is 26.0 Å². The molecule has 0 aromatic heterocycles. The first-order chi connectivity index (χ1) is 8.24. The molecule has 18 heavy (non-hydrogen) atoms. The Balaban J connectivity index is 2.48. The Hall–Kier alpha value is -1.69. The fourth-order valence-electron chi connectivity index (χ4n) is 1.55. The lowest BCUT2D eigenvalue weighted by Crippen LogP contribution is -2.59. The van der Waals surface area contributed by atoms with Crippen LogP contribution >= 0.6 is 0 Å². The summed E-state index contributed by atoms with van der Waals surface area (Å²) in [6, 6.07) is 4.38. The number of nitrogens with zero attached hydrogens (tertiary/aromatic N) is 1. The van der Waals surface area contributed by atoms with Gasteiger partial charge in [-0.25, -0.2) is 13.8 Å². The van der Waals surface area contributed by atoms with Gasteiger partial charge in [0, 0.05) is 0 Å². The number of benzene rings is 1. The van der Waals surface area contributed by atoms with Gasteiger partial charge in [-0.1, -0.05) is 6.07 Å². The molecular weight excluding hydrogens is 240 g/mol. The van der Waals surface area contributed by atoms with Crippen LogP contribution in [-0.4, -0.2) is 23.8 Å². The second kappa shape index (κ2) is 3.91. The quantitative estimate of drug-likeness (QED) is 0.591. The highest BCUT2D eigenvalue weighted by Gasteiger charge is 2.47. The molecule has 6 heteroatoms. The maximum absolute atomic E-state index is 14.3. The molecule has 4 nitrogen and oxygen atoms in total. The lowest BCUT2D eigenvalue weighted by Gasteiger charge is -2.38. The molecule has 1 heterocycles. The van der Waals surface area contributed by atoms with Crippen LogP contribution in [0.3, 0.4) is 0 Å². The Labute approximate surface area is 104 Å². The minimum Gasteiger partial charge on any atom is -0.475 e. The predicted molar refractivity (Wildman–Crippen MR) is 65.4 cm³/mol. The minimum atomic E-state index is -2.03. The first-order valence-corrected chi connectivity index (χ1v) is 5.49. The average molecular weight is 255 g/mol. The Morgan fingerprint density at radius 3 is 2.67 bits per heavy atom. The Morgan fingerprint density at radius 1 is 1.39 bits per heavy atom. The van der Waals surface area contributed by atoms with Gasteiger partial charge in [0.25, 0.3) is 0 Å². The van der Waals surface area contributed by atoms with Crippen LogP contribution in [0.1, 0.15) is 19.4 Å². The smallest absolute Gasteiger partial charge is 0.222 e. The normalized spacial score (nSPS) is 31.7. The van der Waals surface area contributed by atoms with Crippen molar-refractivity contribution in [3.63, 3.8) is 0 Å². The van der Waals surface area contributed by atoms with E-state index in [0.29, 0.717) is 0 Å². The molecular formula is C12H15F2N3O. The summed E-state index contributed by atoms with van der Waals surface area (Å²) in [5, 5.41) is 0. The molecule has 4 N–H and O–H groups in total. The SMILES string of the molecule is C[C@]1(F)N=C(c2cccc(N)c2F)OC[C@@]1(C)N. The average Bonchev–Trinajstić information content (AvgIpc) is 2.26. The topological polar surface area (TPSA) is 73.6 Å². The minimum absolute atomic E-state index is 0.0365. The van der Waals surface area contributed by atoms with Gasteiger partial charge in [-0.2, -0.15) is 0 Å². The molecule has 1 aliphatic heterocycles. The van der Waals surface area contributed by atoms with Crippen molar-refractivity contribution in [2.24, 2.45) is 10.7 Å². The van der Waals surface area contributed by atoms with Crippen molar-refractivity contribution >= 4 is 11.6 Å². The van der Waals surface area contributed by atoms with Gasteiger partial charge < -0.3 is 16.2 Å². The highest BCUT2D eigenvalue weighted by atomic mass is 19.1. The summed E-state index contributed by atoms with van der Waals surface area (Å²) < 4.78 is 33.3. The number of hydrogen-bond acceptors (Lipinski definition) is 4. The molecule has 98 valence electrons. The molecule has 0 amide bonds. The Morgan fingerprint density at radius 2 is 2.06 bits per heavy atom. The molecule has 0 unspecified atom stereocenters. The highest BCUT2D eigenvalue weighted by Crippen LogP contribution is 2.31. The summed E-state index contributed by atoms with van der Waals surface area (Å²) in [5.41, 5.74) is 9.92. The number of alkyl halides is 1. The molecule has 0 saturated heterocycles. The van der Waals surface area contributed by atoms with Gasteiger partial charge in [0.2, 0.25) is 11.7 Å². The molecule has 0 aliphatic carbocycles. The summed E-state index contributed by atoms with van der Waals surface area (Å²) in [5.74, 6) is -2.82. The molecule has 0 radical (unpaired) electrons. The van der Waals surface area contributed by atoms with E-state index in [1.807, 2.05) is 0 Å². The van der Waals surface area contributed by atoms with E-state index in [-0.39, 0.29) is 23.8 Å². The largest absolute Gasteiger partial charge is 0.475 e. The first kappa shape index (κ1) is 12.8. The number of rotatable bonds is 1. The number of halogens is 2. The number of ether oxygens (including phenoxy) is 1. The summed E-state index contributed by atoms with van der Waals surface area (Å²) in [6.07, 6.45) is 0. The van der Waals surface area contributed by atoms with E-state index in [1.54, 1.807) is 6.07 Å². The van der Waals surface area contributed by atoms with Gasteiger partial charge in [0.05, 0.1) is 11.3 Å². The molecule has 0 spiro atoms. The van der Waals surface area contributed by atoms with E-state index in [9.17, 15) is 8.78 Å². The zero-order valence-corrected chi connectivity index (χ0v) is 10.2. The molecule has 1 aromatic rings. The standard InChI is InChI=1S/C12H15F2N3O/c1-11(16)6-18-10(17-12(11,2)14)7-4-3-5-8(15)9(7)13/h3-5H,6,15-16H2,1-2H3/t11-,12+/m1/s1. The maximum Gasteiger partial charge on any atom is 0.222 e. The number of hydrogen-bond donors (Lipinski definition) is 2. The van der Waals surface area contributed by atoms with Crippen LogP contribution in [0.5, 0.6) is 0 Å². The number of nitrogens with two attached hydrogens (primary N) is 2. The predicted octanol–water partition coefficient (Wildman–Crippen LogP) is 1.59. The van der Waals surface area contributed by atoms with Crippen LogP contribution in [-0.2, 0) is 4.74 Å². The van der Waals surface area contributed by atoms with E-state index in [4.69, 9.17) is 16.2 Å². The van der Waals surface area contributed by atoms with Crippen LogP contribution in [0.15, 0.2) is 23.2 Å². The van der Waals surface area contributed by atoms with Crippen LogP contribution in [0, 0.1) is 5.82 Å². The van der Waals surface area contributed by atoms with Crippen molar-refractivity contribution in [1.82, 2.24) is 0 Å². The van der Waals surface area contributed by atoms with E-state index < -0.39 is 17.1 Å². The molecule has 1 aromatic carbocycles. The van der Waals surface area contributed by atoms with Crippen molar-refractivity contribution in [1.29, 1.82) is 0 Å². The van der Waals surface area contributed by atoms with Crippen LogP contribution < -0.4 is 11.5 Å². The number of aliphatic imine (C=N–C) groups is 1. The molecule has 2 rings (SSSR count). The van der Waals surface area contributed by atoms with Crippen molar-refractivity contribution in [3.8, 4) is 0 Å². The molecule has 0 fully saturated rings. The van der Waals surface area contributed by atoms with E-state index >= 15 is 0 Å². The maximum atomic E-state index is 14.3. The summed E-state index contributed by atoms with van der Waals surface area (Å²) >= 11 is 0. The van der Waals surface area contributed by atoms with Crippen molar-refractivity contribution in [2.45, 2.75) is 25.2 Å². The van der Waals surface area contributed by atoms with Crippen LogP contribution in [0.2, 0.25) is 0 Å². The van der Waals surface area contributed by atoms with Gasteiger partial charge >= 0.3 is 0 Å². The van der Waals surface area contributed by atoms with Crippen LogP contribution in [0.25, 0.3) is 0 Å². The third kappa shape index (κ3) is 1.92. The van der Waals surface area contributed by atoms with Gasteiger partial charge in [-0.3, -0.25) is 0 Å². The van der Waals surface area contributed by atoms with E-state index in [1.165, 1.54) is 26.0 Å². The van der Waals surface area contributed by atoms with Gasteiger partial charge in [0.1, 0.15) is 12.1 Å². The lowest BCUT2D eigenvalue weighted by molar-refractivity contribution is 0.0293. The van der Waals surface area contributed by atoms with Crippen LogP contribution in [0.4, 0.5) is 14.5 Å². The third-order valence-electron chi connectivity index (χ3n) is 3.12. The van der Waals surface area contributed by atoms with Crippen molar-refractivity contribution < 1.29 is 13.5 Å². The summed E-state index contributed by atoms with van der Waals surface area (Å²) in [4.78, 5) is 3.75. The second-order valence-corrected chi connectivity index (χ2v) is 4.79. The molecule has 0 bridgehead atoms. The zero-order valence-electron chi connectivity index (χ0n) is 10.2.